The molecule has 1 amide bonds. The van der Waals surface area contributed by atoms with Crippen LogP contribution in [-0.4, -0.2) is 48.2 Å². The third-order valence-corrected chi connectivity index (χ3v) is 5.33. The van der Waals surface area contributed by atoms with Crippen molar-refractivity contribution in [2.45, 2.75) is 18.8 Å². The molecule has 0 aliphatic carbocycles. The minimum absolute atomic E-state index is 0.123. The molecular weight excluding hydrogens is 418 g/mol. The van der Waals surface area contributed by atoms with Crippen molar-refractivity contribution in [3.63, 3.8) is 0 Å². The predicted octanol–water partition coefficient (Wildman–Crippen LogP) is 4.10. The molecule has 30 heavy (non-hydrogen) atoms. The fourth-order valence-corrected chi connectivity index (χ4v) is 3.66. The number of fused-ring (bicyclic) bond motifs is 1. The summed E-state index contributed by atoms with van der Waals surface area (Å²) in [5.74, 6) is -3.22. The summed E-state index contributed by atoms with van der Waals surface area (Å²) in [5, 5.41) is 18.9. The summed E-state index contributed by atoms with van der Waals surface area (Å²) >= 11 is 0.905. The number of alkyl halides is 2. The highest BCUT2D eigenvalue weighted by atomic mass is 32.1. The van der Waals surface area contributed by atoms with E-state index in [4.69, 9.17) is 14.7 Å². The van der Waals surface area contributed by atoms with Crippen LogP contribution in [0.15, 0.2) is 43.0 Å². The van der Waals surface area contributed by atoms with Gasteiger partial charge < -0.3 is 14.7 Å². The molecule has 3 N–H and O–H groups in total. The summed E-state index contributed by atoms with van der Waals surface area (Å²) in [5.41, 5.74) is 1.98. The maximum atomic E-state index is 14.6. The molecule has 0 unspecified atom stereocenters. The van der Waals surface area contributed by atoms with E-state index in [1.54, 1.807) is 24.3 Å². The summed E-state index contributed by atoms with van der Waals surface area (Å²) in [6.07, 6.45) is 3.43. The van der Waals surface area contributed by atoms with Crippen molar-refractivity contribution in [3.05, 3.63) is 47.9 Å². The summed E-state index contributed by atoms with van der Waals surface area (Å²) in [6, 6.07) is 4.61. The molecule has 0 aliphatic rings. The second-order valence-corrected chi connectivity index (χ2v) is 7.35. The van der Waals surface area contributed by atoms with Crippen LogP contribution in [-0.2, 0) is 10.7 Å². The number of thiophene rings is 1. The van der Waals surface area contributed by atoms with Crippen molar-refractivity contribution in [1.29, 1.82) is 0 Å². The van der Waals surface area contributed by atoms with Gasteiger partial charge in [0.05, 0.1) is 18.5 Å². The molecule has 1 aromatic heterocycles. The van der Waals surface area contributed by atoms with Crippen molar-refractivity contribution in [2.24, 2.45) is 0 Å². The molecule has 0 bridgehead atoms. The Morgan fingerprint density at radius 2 is 2.10 bits per heavy atom. The highest BCUT2D eigenvalue weighted by Crippen LogP contribution is 2.43. The number of nitrogens with one attached hydrogen (secondary N) is 1. The van der Waals surface area contributed by atoms with Crippen LogP contribution in [0.25, 0.3) is 10.1 Å². The number of halogens is 2. The number of methoxy groups -OCH3 is 1. The quantitative estimate of drug-likeness (QED) is 0.260. The lowest BCUT2D eigenvalue weighted by atomic mass is 10.1. The van der Waals surface area contributed by atoms with E-state index in [1.165, 1.54) is 19.3 Å². The van der Waals surface area contributed by atoms with Gasteiger partial charge in [0.25, 0.3) is 5.92 Å². The van der Waals surface area contributed by atoms with E-state index in [0.29, 0.717) is 26.6 Å². The predicted molar refractivity (Wildman–Crippen MR) is 110 cm³/mol. The lowest BCUT2D eigenvalue weighted by molar-refractivity contribution is -0.164. The number of amides is 1. The average Bonchev–Trinajstić information content (AvgIpc) is 3.15. The Kier molecular flexibility index (Phi) is 8.72. The van der Waals surface area contributed by atoms with Gasteiger partial charge in [-0.05, 0) is 17.5 Å². The Bertz CT molecular complexity index is 901. The Morgan fingerprint density at radius 1 is 1.33 bits per heavy atom. The zero-order valence-corrected chi connectivity index (χ0v) is 17.3. The first-order valence-electron chi connectivity index (χ1n) is 9.07. The molecule has 2 aromatic rings. The van der Waals surface area contributed by atoms with Gasteiger partial charge in [-0.2, -0.15) is 0 Å². The van der Waals surface area contributed by atoms with E-state index < -0.39 is 24.7 Å². The normalized spacial score (nSPS) is 11.8. The van der Waals surface area contributed by atoms with Gasteiger partial charge in [-0.1, -0.05) is 18.2 Å². The second kappa shape index (κ2) is 11.0. The van der Waals surface area contributed by atoms with Gasteiger partial charge in [-0.3, -0.25) is 10.0 Å². The first kappa shape index (κ1) is 23.7. The fraction of sp³-hybridized carbons (Fsp3) is 0.350. The van der Waals surface area contributed by atoms with E-state index in [-0.39, 0.29) is 24.6 Å². The average molecular weight is 442 g/mol. The van der Waals surface area contributed by atoms with E-state index >= 15 is 0 Å². The monoisotopic (exact) mass is 442 g/mol. The van der Waals surface area contributed by atoms with Crippen molar-refractivity contribution in [3.8, 4) is 11.5 Å². The highest BCUT2D eigenvalue weighted by molar-refractivity contribution is 7.19. The van der Waals surface area contributed by atoms with Crippen LogP contribution in [0.4, 0.5) is 8.78 Å². The van der Waals surface area contributed by atoms with Crippen LogP contribution in [0.2, 0.25) is 0 Å². The van der Waals surface area contributed by atoms with Crippen molar-refractivity contribution < 1.29 is 33.5 Å². The Morgan fingerprint density at radius 3 is 2.77 bits per heavy atom. The highest BCUT2D eigenvalue weighted by Gasteiger charge is 2.34. The molecule has 0 spiro atoms. The van der Waals surface area contributed by atoms with Crippen LogP contribution < -0.4 is 15.0 Å². The van der Waals surface area contributed by atoms with Gasteiger partial charge in [0.1, 0.15) is 6.61 Å². The Labute approximate surface area is 176 Å². The molecule has 0 aliphatic heterocycles. The molecule has 164 valence electrons. The van der Waals surface area contributed by atoms with Gasteiger partial charge >= 0.3 is 0 Å². The van der Waals surface area contributed by atoms with Gasteiger partial charge in [0.2, 0.25) is 5.91 Å². The van der Waals surface area contributed by atoms with Gasteiger partial charge in [0, 0.05) is 30.2 Å². The molecule has 0 saturated carbocycles. The number of rotatable bonds is 12. The number of benzene rings is 1. The maximum Gasteiger partial charge on any atom is 0.282 e. The summed E-state index contributed by atoms with van der Waals surface area (Å²) in [7, 11) is 1.46. The third-order valence-electron chi connectivity index (χ3n) is 4.12. The van der Waals surface area contributed by atoms with Crippen LogP contribution in [0.3, 0.4) is 0 Å². The van der Waals surface area contributed by atoms with Crippen molar-refractivity contribution in [2.75, 3.05) is 26.8 Å². The van der Waals surface area contributed by atoms with Gasteiger partial charge in [0.15, 0.2) is 11.5 Å². The molecule has 1 heterocycles. The van der Waals surface area contributed by atoms with Crippen LogP contribution in [0, 0.1) is 0 Å². The lowest BCUT2D eigenvalue weighted by Crippen LogP contribution is -2.28. The molecule has 0 radical (unpaired) electrons. The summed E-state index contributed by atoms with van der Waals surface area (Å²) in [4.78, 5) is 11.5. The Hall–Kier alpha value is -2.53. The molecule has 0 atom stereocenters. The molecule has 0 saturated heterocycles. The fourth-order valence-electron chi connectivity index (χ4n) is 2.58. The van der Waals surface area contributed by atoms with Crippen LogP contribution in [0.1, 0.15) is 17.7 Å². The third kappa shape index (κ3) is 6.23. The zero-order valence-electron chi connectivity index (χ0n) is 16.4. The molecule has 1 aromatic carbocycles. The molecular formula is C20H24F2N2O5S. The van der Waals surface area contributed by atoms with Crippen molar-refractivity contribution in [1.82, 2.24) is 10.5 Å². The standard InChI is InChI=1S/C20H24F2N2O5S/c1-3-9-24(27)19(25)6-7-20(21,22)18-12-14-11-15(28-2)16(13-17(14)30-18)29-10-5-4-8-23-26/h3-5,11-13,23,26-27H,1,6-10H2,2H3/b5-4-. The number of hydroxylamine groups is 3. The number of nitrogens with zero attached hydrogens (tertiary/aromatic N) is 1. The molecule has 10 heteroatoms. The minimum Gasteiger partial charge on any atom is -0.493 e. The van der Waals surface area contributed by atoms with Crippen LogP contribution >= 0.6 is 11.3 Å². The Balaban J connectivity index is 2.16. The number of carbonyl (C=O) groups is 1. The minimum atomic E-state index is -3.23. The molecule has 7 nitrogen and oxygen atoms in total. The largest absolute Gasteiger partial charge is 0.493 e. The number of ether oxygens (including phenoxy) is 2. The SMILES string of the molecule is C=CCN(O)C(=O)CCC(F)(F)c1cc2cc(OC)c(OC/C=C\CNO)cc2s1. The molecule has 2 rings (SSSR count). The number of hydrogen-bond acceptors (Lipinski definition) is 7. The smallest absolute Gasteiger partial charge is 0.282 e. The van der Waals surface area contributed by atoms with E-state index in [9.17, 15) is 18.8 Å². The van der Waals surface area contributed by atoms with E-state index in [0.717, 1.165) is 11.3 Å². The van der Waals surface area contributed by atoms with Crippen molar-refractivity contribution >= 4 is 27.3 Å². The van der Waals surface area contributed by atoms with Crippen LogP contribution in [0.5, 0.6) is 11.5 Å². The first-order valence-corrected chi connectivity index (χ1v) is 9.88. The van der Waals surface area contributed by atoms with Gasteiger partial charge in [-0.25, -0.2) is 19.3 Å². The maximum absolute atomic E-state index is 14.6. The molecule has 0 fully saturated rings. The van der Waals surface area contributed by atoms with E-state index in [2.05, 4.69) is 6.58 Å². The topological polar surface area (TPSA) is 91.3 Å². The number of hydrogen-bond donors (Lipinski definition) is 3. The lowest BCUT2D eigenvalue weighted by Gasteiger charge is -2.16. The second-order valence-electron chi connectivity index (χ2n) is 6.27. The number of carbonyl (C=O) groups excluding carboxylic acids is 1. The zero-order chi connectivity index (χ0) is 22.1. The van der Waals surface area contributed by atoms with E-state index in [1.807, 2.05) is 5.48 Å². The summed E-state index contributed by atoms with van der Waals surface area (Å²) in [6.45, 7) is 3.74. The van der Waals surface area contributed by atoms with Gasteiger partial charge in [-0.15, -0.1) is 17.9 Å². The summed E-state index contributed by atoms with van der Waals surface area (Å²) < 4.78 is 40.8. The first-order chi connectivity index (χ1) is 14.3.